The number of benzene rings is 2. The number of halogens is 1. The average Bonchev–Trinajstić information content (AvgIpc) is 2.62. The van der Waals surface area contributed by atoms with Gasteiger partial charge in [-0.1, -0.05) is 28.1 Å². The number of sulfone groups is 1. The van der Waals surface area contributed by atoms with Crippen molar-refractivity contribution in [1.82, 2.24) is 0 Å². The summed E-state index contributed by atoms with van der Waals surface area (Å²) in [6.45, 7) is 0.117. The van der Waals surface area contributed by atoms with Gasteiger partial charge in [0.05, 0.1) is 17.2 Å². The summed E-state index contributed by atoms with van der Waals surface area (Å²) in [6, 6.07) is 12.7. The Morgan fingerprint density at radius 1 is 1.12 bits per heavy atom. The smallest absolute Gasteiger partial charge is 0.193 e. The predicted octanol–water partition coefficient (Wildman–Crippen LogP) is 3.53. The lowest BCUT2D eigenvalue weighted by atomic mass is 9.90. The molecule has 0 aromatic heterocycles. The van der Waals surface area contributed by atoms with E-state index in [9.17, 15) is 8.42 Å². The van der Waals surface area contributed by atoms with Gasteiger partial charge in [-0.15, -0.1) is 0 Å². The number of aryl methyl sites for hydroxylation is 1. The van der Waals surface area contributed by atoms with Crippen molar-refractivity contribution in [1.29, 1.82) is 0 Å². The van der Waals surface area contributed by atoms with Crippen LogP contribution in [-0.4, -0.2) is 26.7 Å². The first-order chi connectivity index (χ1) is 12.5. The molecule has 0 heterocycles. The first-order valence-electron chi connectivity index (χ1n) is 8.62. The van der Waals surface area contributed by atoms with Gasteiger partial charge in [-0.2, -0.15) is 0 Å². The van der Waals surface area contributed by atoms with Crippen molar-refractivity contribution in [2.75, 3.05) is 17.6 Å². The molecule has 0 aliphatic heterocycles. The Balaban J connectivity index is 1.63. The molecule has 0 amide bonds. The molecule has 3 rings (SSSR count). The van der Waals surface area contributed by atoms with Gasteiger partial charge in [0.2, 0.25) is 0 Å². The molecule has 0 saturated carbocycles. The van der Waals surface area contributed by atoms with Crippen LogP contribution in [0.1, 0.15) is 24.0 Å². The summed E-state index contributed by atoms with van der Waals surface area (Å²) in [4.78, 5) is 4.48. The van der Waals surface area contributed by atoms with Gasteiger partial charge in [-0.25, -0.2) is 8.42 Å². The molecule has 1 aliphatic carbocycles. The molecule has 5 nitrogen and oxygen atoms in total. The Kier molecular flexibility index (Phi) is 5.98. The predicted molar refractivity (Wildman–Crippen MR) is 109 cm³/mol. The van der Waals surface area contributed by atoms with Crippen LogP contribution in [-0.2, 0) is 22.7 Å². The molecular formula is C19H22BrN3O2S. The number of nitrogens with two attached hydrogens (primary N) is 1. The van der Waals surface area contributed by atoms with Crippen molar-refractivity contribution in [3.8, 4) is 0 Å². The Morgan fingerprint density at radius 2 is 1.85 bits per heavy atom. The van der Waals surface area contributed by atoms with E-state index in [1.54, 1.807) is 24.3 Å². The van der Waals surface area contributed by atoms with E-state index in [0.29, 0.717) is 4.90 Å². The number of nitrogens with zero attached hydrogens (tertiary/aromatic N) is 1. The zero-order chi connectivity index (χ0) is 18.6. The van der Waals surface area contributed by atoms with Crippen molar-refractivity contribution < 1.29 is 8.42 Å². The van der Waals surface area contributed by atoms with Gasteiger partial charge in [-0.05, 0) is 67.1 Å². The summed E-state index contributed by atoms with van der Waals surface area (Å²) in [7, 11) is -3.37. The lowest BCUT2D eigenvalue weighted by Gasteiger charge is -2.19. The Bertz CT molecular complexity index is 909. The third-order valence-corrected chi connectivity index (χ3v) is 6.71. The van der Waals surface area contributed by atoms with Crippen LogP contribution in [0.15, 0.2) is 56.8 Å². The highest BCUT2D eigenvalue weighted by Crippen LogP contribution is 2.27. The second-order valence-electron chi connectivity index (χ2n) is 6.32. The van der Waals surface area contributed by atoms with Gasteiger partial charge in [0.15, 0.2) is 15.8 Å². The fraction of sp³-hybridized carbons (Fsp3) is 0.316. The molecule has 0 atom stereocenters. The van der Waals surface area contributed by atoms with Crippen molar-refractivity contribution in [2.45, 2.75) is 30.6 Å². The first-order valence-corrected chi connectivity index (χ1v) is 11.1. The molecule has 7 heteroatoms. The number of hydrogen-bond acceptors (Lipinski definition) is 3. The van der Waals surface area contributed by atoms with E-state index in [-0.39, 0.29) is 18.3 Å². The summed E-state index contributed by atoms with van der Waals surface area (Å²) < 4.78 is 25.5. The number of guanidine groups is 1. The molecule has 0 saturated heterocycles. The second-order valence-corrected chi connectivity index (χ2v) is 9.34. The highest BCUT2D eigenvalue weighted by Gasteiger charge is 2.15. The summed E-state index contributed by atoms with van der Waals surface area (Å²) in [5.41, 5.74) is 9.58. The fourth-order valence-electron chi connectivity index (χ4n) is 3.12. The summed E-state index contributed by atoms with van der Waals surface area (Å²) >= 11 is 3.30. The van der Waals surface area contributed by atoms with Crippen LogP contribution in [0.5, 0.6) is 0 Å². The van der Waals surface area contributed by atoms with Gasteiger partial charge in [0.25, 0.3) is 0 Å². The molecule has 0 unspecified atom stereocenters. The zero-order valence-electron chi connectivity index (χ0n) is 14.4. The van der Waals surface area contributed by atoms with E-state index in [2.05, 4.69) is 32.3 Å². The van der Waals surface area contributed by atoms with Crippen LogP contribution in [0, 0.1) is 0 Å². The second kappa shape index (κ2) is 8.22. The number of anilines is 1. The monoisotopic (exact) mass is 435 g/mol. The van der Waals surface area contributed by atoms with Crippen molar-refractivity contribution >= 4 is 37.4 Å². The number of hydrogen-bond donors (Lipinski definition) is 2. The lowest BCUT2D eigenvalue weighted by molar-refractivity contribution is 0.596. The molecule has 26 heavy (non-hydrogen) atoms. The van der Waals surface area contributed by atoms with Gasteiger partial charge >= 0.3 is 0 Å². The van der Waals surface area contributed by atoms with Crippen LogP contribution in [0.3, 0.4) is 0 Å². The molecule has 0 spiro atoms. The highest BCUT2D eigenvalue weighted by atomic mass is 79.9. The lowest BCUT2D eigenvalue weighted by Crippen LogP contribution is -2.25. The number of rotatable bonds is 5. The van der Waals surface area contributed by atoms with Crippen LogP contribution in [0.4, 0.5) is 5.69 Å². The minimum atomic E-state index is -3.37. The molecule has 3 N–H and O–H groups in total. The minimum Gasteiger partial charge on any atom is -0.370 e. The largest absolute Gasteiger partial charge is 0.370 e. The van der Waals surface area contributed by atoms with E-state index >= 15 is 0 Å². The van der Waals surface area contributed by atoms with Crippen LogP contribution >= 0.6 is 15.9 Å². The molecule has 2 aromatic rings. The normalized spacial score (nSPS) is 14.7. The topological polar surface area (TPSA) is 84.5 Å². The Hall–Kier alpha value is -1.86. The molecule has 0 radical (unpaired) electrons. The van der Waals surface area contributed by atoms with Gasteiger partial charge in [0, 0.05) is 10.2 Å². The molecule has 1 aliphatic rings. The van der Waals surface area contributed by atoms with E-state index in [0.717, 1.165) is 23.0 Å². The summed E-state index contributed by atoms with van der Waals surface area (Å²) in [5, 5.41) is 3.13. The van der Waals surface area contributed by atoms with Gasteiger partial charge in [0.1, 0.15) is 0 Å². The average molecular weight is 436 g/mol. The van der Waals surface area contributed by atoms with Gasteiger partial charge < -0.3 is 11.1 Å². The van der Waals surface area contributed by atoms with E-state index < -0.39 is 9.84 Å². The maximum absolute atomic E-state index is 12.3. The third kappa shape index (κ3) is 4.65. The van der Waals surface area contributed by atoms with Gasteiger partial charge in [-0.3, -0.25) is 4.99 Å². The standard InChI is InChI=1S/C19H22BrN3O2S/c20-15-8-10-16(11-9-15)26(24,25)13-12-22-19(21)23-18-7-3-5-14-4-1-2-6-17(14)18/h3,5,7-11H,1-2,4,6,12-13H2,(H3,21,22,23). The highest BCUT2D eigenvalue weighted by molar-refractivity contribution is 9.10. The first kappa shape index (κ1) is 18.9. The maximum atomic E-state index is 12.3. The quantitative estimate of drug-likeness (QED) is 0.555. The van der Waals surface area contributed by atoms with Crippen molar-refractivity contribution in [3.63, 3.8) is 0 Å². The Morgan fingerprint density at radius 3 is 2.62 bits per heavy atom. The van der Waals surface area contributed by atoms with Crippen LogP contribution in [0.25, 0.3) is 0 Å². The molecule has 2 aromatic carbocycles. The number of nitrogens with one attached hydrogen (secondary N) is 1. The minimum absolute atomic E-state index is 0.0795. The zero-order valence-corrected chi connectivity index (χ0v) is 16.8. The molecule has 0 bridgehead atoms. The van der Waals surface area contributed by atoms with Crippen molar-refractivity contribution in [3.05, 3.63) is 58.1 Å². The molecule has 138 valence electrons. The van der Waals surface area contributed by atoms with Crippen molar-refractivity contribution in [2.24, 2.45) is 10.7 Å². The number of aliphatic imine (C=N–C) groups is 1. The van der Waals surface area contributed by atoms with E-state index in [1.807, 2.05) is 12.1 Å². The SMILES string of the molecule is NC(=NCCS(=O)(=O)c1ccc(Br)cc1)Nc1cccc2c1CCCC2. The summed E-state index contributed by atoms with van der Waals surface area (Å²) in [6.07, 6.45) is 4.51. The van der Waals surface area contributed by atoms with Crippen LogP contribution < -0.4 is 11.1 Å². The molecular weight excluding hydrogens is 414 g/mol. The van der Waals surface area contributed by atoms with E-state index in [1.165, 1.54) is 24.0 Å². The van der Waals surface area contributed by atoms with E-state index in [4.69, 9.17) is 5.73 Å². The fourth-order valence-corrected chi connectivity index (χ4v) is 4.50. The molecule has 0 fully saturated rings. The van der Waals surface area contributed by atoms with Crippen LogP contribution in [0.2, 0.25) is 0 Å². The maximum Gasteiger partial charge on any atom is 0.193 e. The Labute approximate surface area is 162 Å². The number of fused-ring (bicyclic) bond motifs is 1. The third-order valence-electron chi connectivity index (χ3n) is 4.47. The summed E-state index contributed by atoms with van der Waals surface area (Å²) in [5.74, 6) is 0.166.